The number of hydrogen-bond donors (Lipinski definition) is 3. The topological polar surface area (TPSA) is 103 Å². The van der Waals surface area contributed by atoms with Crippen molar-refractivity contribution in [3.63, 3.8) is 0 Å². The Morgan fingerprint density at radius 2 is 2.10 bits per heavy atom. The fourth-order valence-electron chi connectivity index (χ4n) is 1.73. The number of carbonyl (C=O) groups excluding carboxylic acids is 1. The minimum absolute atomic E-state index is 0.273. The van der Waals surface area contributed by atoms with Crippen molar-refractivity contribution in [2.24, 2.45) is 0 Å². The average Bonchev–Trinajstić information content (AvgIpc) is 2.93. The third-order valence-electron chi connectivity index (χ3n) is 2.82. The molecular formula is C14H14N2O5. The molecule has 0 atom stereocenters. The highest BCUT2D eigenvalue weighted by Gasteiger charge is 2.14. The van der Waals surface area contributed by atoms with E-state index in [2.05, 4.69) is 5.32 Å². The Kier molecular flexibility index (Phi) is 4.13. The van der Waals surface area contributed by atoms with E-state index in [0.29, 0.717) is 6.54 Å². The van der Waals surface area contributed by atoms with Crippen LogP contribution in [0.25, 0.3) is 0 Å². The molecule has 7 nitrogen and oxygen atoms in total. The second-order valence-electron chi connectivity index (χ2n) is 4.45. The maximum atomic E-state index is 12.0. The number of furan rings is 1. The summed E-state index contributed by atoms with van der Waals surface area (Å²) >= 11 is 0. The van der Waals surface area contributed by atoms with E-state index in [-0.39, 0.29) is 17.0 Å². The van der Waals surface area contributed by atoms with Gasteiger partial charge in [0.15, 0.2) is 0 Å². The first-order valence-corrected chi connectivity index (χ1v) is 6.07. The molecule has 0 spiro atoms. The van der Waals surface area contributed by atoms with Crippen LogP contribution in [-0.4, -0.2) is 34.2 Å². The number of benzene rings is 1. The molecule has 0 unspecified atom stereocenters. The monoisotopic (exact) mass is 290 g/mol. The van der Waals surface area contributed by atoms with Crippen molar-refractivity contribution in [3.8, 4) is 5.75 Å². The lowest BCUT2D eigenvalue weighted by Gasteiger charge is -2.17. The molecule has 0 radical (unpaired) electrons. The Bertz CT molecular complexity index is 651. The average molecular weight is 290 g/mol. The van der Waals surface area contributed by atoms with Gasteiger partial charge in [0, 0.05) is 18.3 Å². The molecule has 2 amide bonds. The van der Waals surface area contributed by atoms with Crippen LogP contribution in [0.2, 0.25) is 0 Å². The van der Waals surface area contributed by atoms with Crippen molar-refractivity contribution in [2.75, 3.05) is 12.4 Å². The fourth-order valence-corrected chi connectivity index (χ4v) is 1.73. The molecule has 0 aliphatic carbocycles. The predicted molar refractivity (Wildman–Crippen MR) is 74.3 cm³/mol. The van der Waals surface area contributed by atoms with Gasteiger partial charge in [0.2, 0.25) is 0 Å². The lowest BCUT2D eigenvalue weighted by molar-refractivity contribution is 0.0693. The van der Waals surface area contributed by atoms with Crippen molar-refractivity contribution in [1.29, 1.82) is 0 Å². The normalized spacial score (nSPS) is 10.1. The van der Waals surface area contributed by atoms with E-state index in [4.69, 9.17) is 9.52 Å². The molecule has 0 aliphatic heterocycles. The molecule has 1 heterocycles. The number of phenols is 1. The summed E-state index contributed by atoms with van der Waals surface area (Å²) < 4.78 is 4.92. The zero-order chi connectivity index (χ0) is 15.4. The van der Waals surface area contributed by atoms with E-state index >= 15 is 0 Å². The molecule has 2 rings (SSSR count). The maximum Gasteiger partial charge on any atom is 0.339 e. The largest absolute Gasteiger partial charge is 0.507 e. The smallest absolute Gasteiger partial charge is 0.339 e. The fraction of sp³-hybridized carbons (Fsp3) is 0.143. The van der Waals surface area contributed by atoms with E-state index in [1.165, 1.54) is 35.6 Å². The molecule has 0 saturated heterocycles. The molecular weight excluding hydrogens is 276 g/mol. The first-order chi connectivity index (χ1) is 9.97. The Labute approximate surface area is 120 Å². The second kappa shape index (κ2) is 6.00. The summed E-state index contributed by atoms with van der Waals surface area (Å²) in [4.78, 5) is 24.3. The van der Waals surface area contributed by atoms with Gasteiger partial charge in [-0.25, -0.2) is 9.59 Å². The summed E-state index contributed by atoms with van der Waals surface area (Å²) in [5.41, 5.74) is 0.851. The number of hydrogen-bond acceptors (Lipinski definition) is 4. The lowest BCUT2D eigenvalue weighted by Crippen LogP contribution is -2.30. The number of carbonyl (C=O) groups is 2. The Morgan fingerprint density at radius 1 is 1.33 bits per heavy atom. The molecule has 0 saturated carbocycles. The number of urea groups is 1. The van der Waals surface area contributed by atoms with Gasteiger partial charge in [-0.05, 0) is 24.3 Å². The number of amides is 2. The van der Waals surface area contributed by atoms with Crippen LogP contribution < -0.4 is 5.32 Å². The van der Waals surface area contributed by atoms with Gasteiger partial charge in [-0.1, -0.05) is 0 Å². The van der Waals surface area contributed by atoms with Crippen LogP contribution in [0.3, 0.4) is 0 Å². The van der Waals surface area contributed by atoms with Gasteiger partial charge in [-0.2, -0.15) is 0 Å². The van der Waals surface area contributed by atoms with Crippen molar-refractivity contribution in [2.45, 2.75) is 6.54 Å². The Hall–Kier alpha value is -2.96. The third kappa shape index (κ3) is 3.53. The molecule has 1 aromatic heterocycles. The van der Waals surface area contributed by atoms with Crippen LogP contribution in [0.1, 0.15) is 15.9 Å². The van der Waals surface area contributed by atoms with Gasteiger partial charge in [0.05, 0.1) is 19.1 Å². The summed E-state index contributed by atoms with van der Waals surface area (Å²) in [5.74, 6) is -1.62. The van der Waals surface area contributed by atoms with Crippen LogP contribution in [0, 0.1) is 0 Å². The van der Waals surface area contributed by atoms with Crippen molar-refractivity contribution in [3.05, 3.63) is 47.9 Å². The third-order valence-corrected chi connectivity index (χ3v) is 2.82. The van der Waals surface area contributed by atoms with E-state index in [1.54, 1.807) is 13.1 Å². The van der Waals surface area contributed by atoms with E-state index in [1.807, 2.05) is 0 Å². The van der Waals surface area contributed by atoms with Gasteiger partial charge in [-0.3, -0.25) is 0 Å². The van der Waals surface area contributed by atoms with Crippen LogP contribution in [0.5, 0.6) is 5.75 Å². The van der Waals surface area contributed by atoms with Crippen molar-refractivity contribution in [1.82, 2.24) is 4.90 Å². The summed E-state index contributed by atoms with van der Waals surface area (Å²) in [5, 5.41) is 20.9. The summed E-state index contributed by atoms with van der Waals surface area (Å²) in [6, 6.07) is 5.17. The number of nitrogens with zero attached hydrogens (tertiary/aromatic N) is 1. The van der Waals surface area contributed by atoms with Gasteiger partial charge < -0.3 is 24.8 Å². The Balaban J connectivity index is 2.05. The van der Waals surface area contributed by atoms with Crippen LogP contribution >= 0.6 is 0 Å². The standard InChI is InChI=1S/C14H14N2O5/c1-16(7-9-4-5-21-8-9)14(20)15-10-2-3-12(17)11(6-10)13(18)19/h2-6,8,17H,7H2,1H3,(H,15,20)(H,18,19). The molecule has 0 fully saturated rings. The quantitative estimate of drug-likeness (QED) is 0.750. The molecule has 7 heteroatoms. The summed E-state index contributed by atoms with van der Waals surface area (Å²) in [6.07, 6.45) is 3.05. The van der Waals surface area contributed by atoms with Crippen LogP contribution in [0.15, 0.2) is 41.2 Å². The molecule has 3 N–H and O–H groups in total. The van der Waals surface area contributed by atoms with Gasteiger partial charge in [-0.15, -0.1) is 0 Å². The first-order valence-electron chi connectivity index (χ1n) is 6.07. The number of rotatable bonds is 4. The van der Waals surface area contributed by atoms with Crippen LogP contribution in [0.4, 0.5) is 10.5 Å². The Morgan fingerprint density at radius 3 is 2.71 bits per heavy atom. The zero-order valence-corrected chi connectivity index (χ0v) is 11.2. The summed E-state index contributed by atoms with van der Waals surface area (Å²) in [6.45, 7) is 0.353. The lowest BCUT2D eigenvalue weighted by atomic mass is 10.2. The minimum atomic E-state index is -1.27. The van der Waals surface area contributed by atoms with Crippen LogP contribution in [-0.2, 0) is 6.54 Å². The highest BCUT2D eigenvalue weighted by atomic mass is 16.4. The number of anilines is 1. The van der Waals surface area contributed by atoms with Gasteiger partial charge in [0.1, 0.15) is 11.3 Å². The molecule has 2 aromatic rings. The maximum absolute atomic E-state index is 12.0. The highest BCUT2D eigenvalue weighted by molar-refractivity contribution is 5.95. The predicted octanol–water partition coefficient (Wildman–Crippen LogP) is 2.35. The van der Waals surface area contributed by atoms with Crippen molar-refractivity contribution < 1.29 is 24.2 Å². The van der Waals surface area contributed by atoms with Gasteiger partial charge >= 0.3 is 12.0 Å². The first kappa shape index (κ1) is 14.4. The minimum Gasteiger partial charge on any atom is -0.507 e. The highest BCUT2D eigenvalue weighted by Crippen LogP contribution is 2.21. The van der Waals surface area contributed by atoms with E-state index in [9.17, 15) is 14.7 Å². The number of aromatic hydroxyl groups is 1. The van der Waals surface area contributed by atoms with Gasteiger partial charge in [0.25, 0.3) is 0 Å². The van der Waals surface area contributed by atoms with E-state index in [0.717, 1.165) is 5.56 Å². The second-order valence-corrected chi connectivity index (χ2v) is 4.45. The van der Waals surface area contributed by atoms with Crippen molar-refractivity contribution >= 4 is 17.7 Å². The SMILES string of the molecule is CN(Cc1ccoc1)C(=O)Nc1ccc(O)c(C(=O)O)c1. The molecule has 1 aromatic carbocycles. The summed E-state index contributed by atoms with van der Waals surface area (Å²) in [7, 11) is 1.60. The molecule has 110 valence electrons. The number of nitrogens with one attached hydrogen (secondary N) is 1. The number of carboxylic acids is 1. The molecule has 0 bridgehead atoms. The van der Waals surface area contributed by atoms with E-state index < -0.39 is 12.0 Å². The zero-order valence-electron chi connectivity index (χ0n) is 11.2. The number of aromatic carboxylic acids is 1. The molecule has 21 heavy (non-hydrogen) atoms. The number of carboxylic acid groups (broad SMARTS) is 1. The molecule has 0 aliphatic rings.